The number of morpholine rings is 1. The van der Waals surface area contributed by atoms with E-state index in [-0.39, 0.29) is 17.2 Å². The number of hydrogen-bond donors (Lipinski definition) is 3. The van der Waals surface area contributed by atoms with E-state index in [1.54, 1.807) is 23.4 Å². The lowest BCUT2D eigenvalue weighted by molar-refractivity contribution is -0.127. The Morgan fingerprint density at radius 1 is 1.19 bits per heavy atom. The number of hydrogen-bond acceptors (Lipinski definition) is 7. The van der Waals surface area contributed by atoms with E-state index < -0.39 is 18.3 Å². The van der Waals surface area contributed by atoms with Gasteiger partial charge in [-0.3, -0.25) is 29.7 Å². The minimum atomic E-state index is -0.911. The third-order valence-corrected chi connectivity index (χ3v) is 7.01. The molecule has 4 rings (SSSR count). The van der Waals surface area contributed by atoms with Crippen LogP contribution in [0.3, 0.4) is 0 Å². The van der Waals surface area contributed by atoms with Gasteiger partial charge in [-0.25, -0.2) is 0 Å². The number of pyridine rings is 1. The molecule has 2 aliphatic rings. The maximum absolute atomic E-state index is 13.9. The topological polar surface area (TPSA) is 107 Å². The van der Waals surface area contributed by atoms with Gasteiger partial charge in [0, 0.05) is 49.8 Å². The summed E-state index contributed by atoms with van der Waals surface area (Å²) in [6.07, 6.45) is 3.52. The largest absolute Gasteiger partial charge is 0.379 e. The third-order valence-electron chi connectivity index (χ3n) is 7.01. The molecule has 1 aromatic heterocycles. The van der Waals surface area contributed by atoms with Crippen LogP contribution >= 0.6 is 0 Å². The Morgan fingerprint density at radius 2 is 1.92 bits per heavy atom. The van der Waals surface area contributed by atoms with Crippen LogP contribution in [0.2, 0.25) is 0 Å². The second-order valence-electron chi connectivity index (χ2n) is 10.8. The number of carbonyl (C=O) groups is 2. The molecule has 2 saturated heterocycles. The summed E-state index contributed by atoms with van der Waals surface area (Å²) in [6.45, 7) is 10.6. The van der Waals surface area contributed by atoms with Gasteiger partial charge in [0.25, 0.3) is 0 Å². The molecule has 2 aromatic rings. The smallest absolute Gasteiger partial charge is 0.247 e. The Hall–Kier alpha value is -2.85. The van der Waals surface area contributed by atoms with Gasteiger partial charge in [0.1, 0.15) is 12.3 Å². The predicted octanol–water partition coefficient (Wildman–Crippen LogP) is 1.97. The number of carbonyl (C=O) groups excluding carboxylic acids is 2. The molecule has 37 heavy (non-hydrogen) atoms. The molecule has 3 unspecified atom stereocenters. The van der Waals surface area contributed by atoms with Crippen LogP contribution in [0.25, 0.3) is 0 Å². The number of aliphatic hydroxyl groups is 1. The fraction of sp³-hybridized carbons (Fsp3) is 0.536. The standard InChI is InChI=1S/C28H39N5O4/c1-28(2,3)21-6-8-22(9-7-21)33(27(36)23-10-11-24(34)31-23)25(20-5-4-12-29-19-20)26(35)30-13-14-32-15-17-37-18-16-32/h4-9,12,19,23-25,31,34H,10-11,13-18H2,1-3H3,(H,30,35). The van der Waals surface area contributed by atoms with Crippen molar-refractivity contribution >= 4 is 17.5 Å². The molecule has 3 heterocycles. The molecule has 0 radical (unpaired) electrons. The molecule has 2 aliphatic heterocycles. The van der Waals surface area contributed by atoms with Crippen molar-refractivity contribution in [3.05, 3.63) is 59.9 Å². The normalized spacial score (nSPS) is 21.4. The number of nitrogens with one attached hydrogen (secondary N) is 2. The second-order valence-corrected chi connectivity index (χ2v) is 10.8. The first-order valence-electron chi connectivity index (χ1n) is 13.1. The quantitative estimate of drug-likeness (QED) is 0.500. The third kappa shape index (κ3) is 6.93. The van der Waals surface area contributed by atoms with E-state index >= 15 is 0 Å². The average Bonchev–Trinajstić information content (AvgIpc) is 3.34. The van der Waals surface area contributed by atoms with E-state index in [1.165, 1.54) is 0 Å². The van der Waals surface area contributed by atoms with Crippen LogP contribution in [0.5, 0.6) is 0 Å². The molecular formula is C28H39N5O4. The van der Waals surface area contributed by atoms with Gasteiger partial charge in [-0.2, -0.15) is 0 Å². The molecule has 200 valence electrons. The average molecular weight is 510 g/mol. The first kappa shape index (κ1) is 27.2. The summed E-state index contributed by atoms with van der Waals surface area (Å²) in [5, 5.41) is 16.1. The number of nitrogens with zero attached hydrogens (tertiary/aromatic N) is 3. The number of rotatable bonds is 8. The zero-order chi connectivity index (χ0) is 26.4. The summed E-state index contributed by atoms with van der Waals surface area (Å²) in [5.74, 6) is -0.523. The Morgan fingerprint density at radius 3 is 2.51 bits per heavy atom. The summed E-state index contributed by atoms with van der Waals surface area (Å²) in [5.41, 5.74) is 2.33. The summed E-state index contributed by atoms with van der Waals surface area (Å²) < 4.78 is 5.41. The number of anilines is 1. The van der Waals surface area contributed by atoms with Gasteiger partial charge in [-0.05, 0) is 42.0 Å². The lowest BCUT2D eigenvalue weighted by Gasteiger charge is -2.34. The van der Waals surface area contributed by atoms with Crippen molar-refractivity contribution in [2.45, 2.75) is 57.3 Å². The lowest BCUT2D eigenvalue weighted by atomic mass is 9.87. The maximum atomic E-state index is 13.9. The van der Waals surface area contributed by atoms with E-state index in [9.17, 15) is 14.7 Å². The van der Waals surface area contributed by atoms with Crippen LogP contribution < -0.4 is 15.5 Å². The van der Waals surface area contributed by atoms with Crippen molar-refractivity contribution in [3.63, 3.8) is 0 Å². The van der Waals surface area contributed by atoms with Crippen LogP contribution in [0.15, 0.2) is 48.8 Å². The van der Waals surface area contributed by atoms with Crippen molar-refractivity contribution in [2.24, 2.45) is 0 Å². The van der Waals surface area contributed by atoms with Crippen molar-refractivity contribution in [1.29, 1.82) is 0 Å². The predicted molar refractivity (Wildman–Crippen MR) is 142 cm³/mol. The number of aromatic nitrogens is 1. The van der Waals surface area contributed by atoms with Crippen LogP contribution in [-0.4, -0.2) is 78.5 Å². The molecule has 9 heteroatoms. The van der Waals surface area contributed by atoms with Gasteiger partial charge in [-0.15, -0.1) is 0 Å². The van der Waals surface area contributed by atoms with Gasteiger partial charge in [0.2, 0.25) is 11.8 Å². The molecule has 3 N–H and O–H groups in total. The first-order chi connectivity index (χ1) is 17.7. The molecule has 0 bridgehead atoms. The first-order valence-corrected chi connectivity index (χ1v) is 13.1. The van der Waals surface area contributed by atoms with Crippen molar-refractivity contribution in [1.82, 2.24) is 20.5 Å². The highest BCUT2D eigenvalue weighted by molar-refractivity contribution is 6.03. The van der Waals surface area contributed by atoms with Gasteiger partial charge in [0.05, 0.1) is 19.3 Å². The summed E-state index contributed by atoms with van der Waals surface area (Å²) in [6, 6.07) is 9.89. The molecule has 3 atom stereocenters. The number of amides is 2. The Labute approximate surface area is 219 Å². The highest BCUT2D eigenvalue weighted by Gasteiger charge is 2.39. The minimum absolute atomic E-state index is 0.0515. The fourth-order valence-corrected chi connectivity index (χ4v) is 4.83. The summed E-state index contributed by atoms with van der Waals surface area (Å²) in [4.78, 5) is 35.8. The molecule has 2 amide bonds. The second kappa shape index (κ2) is 12.1. The van der Waals surface area contributed by atoms with Crippen LogP contribution in [0.4, 0.5) is 5.69 Å². The van der Waals surface area contributed by atoms with Crippen LogP contribution in [0.1, 0.15) is 50.8 Å². The van der Waals surface area contributed by atoms with Crippen molar-refractivity contribution in [2.75, 3.05) is 44.3 Å². The number of ether oxygens (including phenoxy) is 1. The lowest BCUT2D eigenvalue weighted by Crippen LogP contribution is -2.51. The fourth-order valence-electron chi connectivity index (χ4n) is 4.83. The minimum Gasteiger partial charge on any atom is -0.379 e. The molecule has 2 fully saturated rings. The maximum Gasteiger partial charge on any atom is 0.247 e. The van der Waals surface area contributed by atoms with Gasteiger partial charge in [-0.1, -0.05) is 39.0 Å². The molecule has 1 aromatic carbocycles. The van der Waals surface area contributed by atoms with E-state index in [2.05, 4.69) is 41.3 Å². The van der Waals surface area contributed by atoms with Crippen LogP contribution in [-0.2, 0) is 19.7 Å². The van der Waals surface area contributed by atoms with E-state index in [0.717, 1.165) is 18.7 Å². The van der Waals surface area contributed by atoms with Crippen molar-refractivity contribution in [3.8, 4) is 0 Å². The Balaban J connectivity index is 1.65. The molecule has 0 aliphatic carbocycles. The van der Waals surface area contributed by atoms with Gasteiger partial charge < -0.3 is 15.2 Å². The van der Waals surface area contributed by atoms with E-state index in [1.807, 2.05) is 30.3 Å². The highest BCUT2D eigenvalue weighted by Crippen LogP contribution is 2.32. The number of aliphatic hydroxyl groups excluding tert-OH is 1. The zero-order valence-electron chi connectivity index (χ0n) is 22.0. The van der Waals surface area contributed by atoms with E-state index in [4.69, 9.17) is 4.74 Å². The Bertz CT molecular complexity index is 1030. The van der Waals surface area contributed by atoms with E-state index in [0.29, 0.717) is 50.4 Å². The molecule has 9 nitrogen and oxygen atoms in total. The Kier molecular flexibility index (Phi) is 8.91. The summed E-state index contributed by atoms with van der Waals surface area (Å²) in [7, 11) is 0. The van der Waals surface area contributed by atoms with Crippen LogP contribution in [0, 0.1) is 0 Å². The monoisotopic (exact) mass is 509 g/mol. The molecule has 0 spiro atoms. The zero-order valence-corrected chi connectivity index (χ0v) is 22.0. The molecule has 0 saturated carbocycles. The van der Waals surface area contributed by atoms with Gasteiger partial charge in [0.15, 0.2) is 0 Å². The molecular weight excluding hydrogens is 470 g/mol. The SMILES string of the molecule is CC(C)(C)c1ccc(N(C(=O)C2CCC(O)N2)C(C(=O)NCCN2CCOCC2)c2cccnc2)cc1. The number of benzene rings is 1. The highest BCUT2D eigenvalue weighted by atomic mass is 16.5. The summed E-state index contributed by atoms with van der Waals surface area (Å²) >= 11 is 0. The van der Waals surface area contributed by atoms with Gasteiger partial charge >= 0.3 is 0 Å². The van der Waals surface area contributed by atoms with Crippen molar-refractivity contribution < 1.29 is 19.4 Å².